The molecule has 0 aliphatic carbocycles. The summed E-state index contributed by atoms with van der Waals surface area (Å²) in [6, 6.07) is 0. The van der Waals surface area contributed by atoms with Crippen molar-refractivity contribution in [1.82, 2.24) is 0 Å². The third-order valence-electron chi connectivity index (χ3n) is 8.04. The first-order valence-electron chi connectivity index (χ1n) is 16.5. The lowest BCUT2D eigenvalue weighted by atomic mass is 10.0. The van der Waals surface area contributed by atoms with E-state index in [1.54, 1.807) is 0 Å². The predicted molar refractivity (Wildman–Crippen MR) is 164 cm³/mol. The minimum Gasteiger partial charge on any atom is -0.481 e. The topological polar surface area (TPSA) is 112 Å². The van der Waals surface area contributed by atoms with Gasteiger partial charge in [0, 0.05) is 0 Å². The molecule has 7 nitrogen and oxygen atoms in total. The molecular weight excluding hydrogens is 506 g/mol. The summed E-state index contributed by atoms with van der Waals surface area (Å²) in [5.74, 6) is -2.80. The molecule has 0 unspecified atom stereocenters. The van der Waals surface area contributed by atoms with Crippen molar-refractivity contribution in [1.29, 1.82) is 0 Å². The average molecular weight is 569 g/mol. The van der Waals surface area contributed by atoms with Crippen molar-refractivity contribution >= 4 is 17.9 Å². The van der Waals surface area contributed by atoms with Gasteiger partial charge >= 0.3 is 17.9 Å². The van der Waals surface area contributed by atoms with Crippen LogP contribution < -0.4 is 0 Å². The summed E-state index contributed by atoms with van der Waals surface area (Å²) >= 11 is 0. The molecule has 0 fully saturated rings. The number of carboxylic acids is 3. The second-order valence-electron chi connectivity index (χ2n) is 11.7. The van der Waals surface area contributed by atoms with Gasteiger partial charge in [0.1, 0.15) is 0 Å². The third-order valence-corrected chi connectivity index (χ3v) is 8.04. The van der Waals surface area contributed by atoms with Crippen LogP contribution in [0.5, 0.6) is 0 Å². The summed E-state index contributed by atoms with van der Waals surface area (Å²) in [5, 5.41) is 27.4. The Morgan fingerprint density at radius 3 is 1.07 bits per heavy atom. The molecule has 0 aromatic heterocycles. The molecule has 0 heterocycles. The van der Waals surface area contributed by atoms with Crippen molar-refractivity contribution in [3.63, 3.8) is 0 Å². The molecule has 0 radical (unpaired) electrons. The molecule has 40 heavy (non-hydrogen) atoms. The molecule has 0 saturated heterocycles. The van der Waals surface area contributed by atoms with Crippen molar-refractivity contribution in [3.05, 3.63) is 12.2 Å². The molecule has 0 rings (SSSR count). The van der Waals surface area contributed by atoms with Crippen LogP contribution in [-0.4, -0.2) is 63.9 Å². The molecule has 0 bridgehead atoms. The molecule has 0 saturated carbocycles. The fourth-order valence-electron chi connectivity index (χ4n) is 5.42. The quantitative estimate of drug-likeness (QED) is 0.0438. The van der Waals surface area contributed by atoms with Gasteiger partial charge in [-0.1, -0.05) is 109 Å². The lowest BCUT2D eigenvalue weighted by Crippen LogP contribution is -2.52. The molecule has 0 aliphatic rings. The lowest BCUT2D eigenvalue weighted by Gasteiger charge is -2.38. The molecular formula is C33H62NO6+. The summed E-state index contributed by atoms with van der Waals surface area (Å²) < 4.78 is 0.260. The Kier molecular flexibility index (Phi) is 26.0. The molecule has 0 amide bonds. The number of rotatable bonds is 31. The van der Waals surface area contributed by atoms with Crippen LogP contribution in [0.2, 0.25) is 0 Å². The highest BCUT2D eigenvalue weighted by atomic mass is 16.4. The normalized spacial score (nSPS) is 11.8. The van der Waals surface area contributed by atoms with Crippen LogP contribution in [0.25, 0.3) is 0 Å². The molecule has 0 aromatic rings. The summed E-state index contributed by atoms with van der Waals surface area (Å²) in [7, 11) is 0. The molecule has 0 aromatic carbocycles. The van der Waals surface area contributed by atoms with Crippen LogP contribution >= 0.6 is 0 Å². The van der Waals surface area contributed by atoms with Gasteiger partial charge in [-0.05, 0) is 38.5 Å². The molecule has 0 spiro atoms. The first kappa shape index (κ1) is 38.1. The lowest BCUT2D eigenvalue weighted by molar-refractivity contribution is -0.927. The highest BCUT2D eigenvalue weighted by Gasteiger charge is 2.29. The van der Waals surface area contributed by atoms with Gasteiger partial charge in [0.25, 0.3) is 0 Å². The molecule has 7 heteroatoms. The Labute approximate surface area is 245 Å². The van der Waals surface area contributed by atoms with Crippen LogP contribution in [0.15, 0.2) is 12.2 Å². The van der Waals surface area contributed by atoms with E-state index in [4.69, 9.17) is 15.3 Å². The van der Waals surface area contributed by atoms with Gasteiger partial charge in [0.15, 0.2) is 0 Å². The number of quaternary nitrogens is 1. The van der Waals surface area contributed by atoms with E-state index in [1.807, 2.05) is 0 Å². The summed E-state index contributed by atoms with van der Waals surface area (Å²) in [5.41, 5.74) is 0. The highest BCUT2D eigenvalue weighted by molar-refractivity contribution is 5.67. The van der Waals surface area contributed by atoms with Crippen LogP contribution in [0.3, 0.4) is 0 Å². The van der Waals surface area contributed by atoms with E-state index >= 15 is 0 Å². The maximum absolute atomic E-state index is 11.1. The average Bonchev–Trinajstić information content (AvgIpc) is 2.92. The number of carbonyl (C=O) groups is 3. The SMILES string of the molecule is CCCCCCCCCCCCC/C=C/CCCCCCCCC[N+](CCC(=O)O)(CCC(=O)O)CCC(=O)O. The number of aliphatic carboxylic acids is 3. The van der Waals surface area contributed by atoms with Gasteiger partial charge in [-0.3, -0.25) is 14.4 Å². The number of carboxylic acid groups (broad SMARTS) is 3. The van der Waals surface area contributed by atoms with Crippen molar-refractivity contribution in [2.75, 3.05) is 26.2 Å². The highest BCUT2D eigenvalue weighted by Crippen LogP contribution is 2.17. The smallest absolute Gasteiger partial charge is 0.309 e. The molecule has 3 N–H and O–H groups in total. The maximum atomic E-state index is 11.1. The van der Waals surface area contributed by atoms with E-state index in [1.165, 1.54) is 103 Å². The van der Waals surface area contributed by atoms with Crippen molar-refractivity contribution in [2.45, 2.75) is 155 Å². The molecule has 0 atom stereocenters. The Morgan fingerprint density at radius 1 is 0.450 bits per heavy atom. The van der Waals surface area contributed by atoms with Gasteiger partial charge in [0.05, 0.1) is 45.4 Å². The molecule has 234 valence electrons. The van der Waals surface area contributed by atoms with E-state index in [0.29, 0.717) is 6.54 Å². The second-order valence-corrected chi connectivity index (χ2v) is 11.7. The number of hydrogen-bond donors (Lipinski definition) is 3. The Hall–Kier alpha value is -1.89. The third kappa shape index (κ3) is 26.3. The predicted octanol–water partition coefficient (Wildman–Crippen LogP) is 8.61. The van der Waals surface area contributed by atoms with Crippen molar-refractivity contribution in [3.8, 4) is 0 Å². The Balaban J connectivity index is 3.86. The number of nitrogens with zero attached hydrogens (tertiary/aromatic N) is 1. The number of hydrogen-bond acceptors (Lipinski definition) is 3. The van der Waals surface area contributed by atoms with Gasteiger partial charge in [-0.2, -0.15) is 0 Å². The Bertz CT molecular complexity index is 618. The zero-order valence-electron chi connectivity index (χ0n) is 25.8. The monoisotopic (exact) mass is 568 g/mol. The number of unbranched alkanes of at least 4 members (excludes halogenated alkanes) is 18. The first-order chi connectivity index (χ1) is 19.3. The largest absolute Gasteiger partial charge is 0.481 e. The summed E-state index contributed by atoms with van der Waals surface area (Å²) in [6.45, 7) is 3.75. The fourth-order valence-corrected chi connectivity index (χ4v) is 5.42. The van der Waals surface area contributed by atoms with E-state index in [9.17, 15) is 14.4 Å². The van der Waals surface area contributed by atoms with E-state index in [2.05, 4.69) is 19.1 Å². The van der Waals surface area contributed by atoms with E-state index in [0.717, 1.165) is 25.7 Å². The minimum atomic E-state index is -0.933. The zero-order valence-corrected chi connectivity index (χ0v) is 25.8. The standard InChI is InChI=1S/C33H61NO6/c1-2-3-4-5-6-7-8-9-10-11-12-13-14-15-16-17-18-19-20-21-22-23-27-34(28-24-31(35)36,29-25-32(37)38)30-26-33(39)40/h14-15H,2-13,16-30H2,1H3,(H2-,35,36,37,38,39,40)/p+1/b15-14+. The van der Waals surface area contributed by atoms with E-state index < -0.39 is 17.9 Å². The second kappa shape index (κ2) is 27.3. The minimum absolute atomic E-state index is 0.0764. The zero-order chi connectivity index (χ0) is 29.7. The van der Waals surface area contributed by atoms with Gasteiger partial charge in [-0.25, -0.2) is 0 Å². The van der Waals surface area contributed by atoms with Crippen LogP contribution in [0.1, 0.15) is 155 Å². The van der Waals surface area contributed by atoms with Gasteiger partial charge in [-0.15, -0.1) is 0 Å². The molecule has 0 aliphatic heterocycles. The van der Waals surface area contributed by atoms with Crippen LogP contribution in [0, 0.1) is 0 Å². The van der Waals surface area contributed by atoms with Gasteiger partial charge < -0.3 is 19.8 Å². The van der Waals surface area contributed by atoms with Crippen LogP contribution in [-0.2, 0) is 14.4 Å². The van der Waals surface area contributed by atoms with Crippen molar-refractivity contribution in [2.24, 2.45) is 0 Å². The number of allylic oxidation sites excluding steroid dienone is 2. The van der Waals surface area contributed by atoms with Gasteiger partial charge in [0.2, 0.25) is 0 Å². The van der Waals surface area contributed by atoms with Crippen molar-refractivity contribution < 1.29 is 34.2 Å². The summed E-state index contributed by atoms with van der Waals surface area (Å²) in [6.07, 6.45) is 29.9. The van der Waals surface area contributed by atoms with E-state index in [-0.39, 0.29) is 43.4 Å². The fraction of sp³-hybridized carbons (Fsp3) is 0.848. The first-order valence-corrected chi connectivity index (χ1v) is 16.5. The Morgan fingerprint density at radius 2 is 0.750 bits per heavy atom. The van der Waals surface area contributed by atoms with Crippen LogP contribution in [0.4, 0.5) is 0 Å². The maximum Gasteiger partial charge on any atom is 0.309 e. The summed E-state index contributed by atoms with van der Waals surface area (Å²) in [4.78, 5) is 33.4.